The highest BCUT2D eigenvalue weighted by molar-refractivity contribution is 6.76. The Morgan fingerprint density at radius 1 is 1.38 bits per heavy atom. The highest BCUT2D eigenvalue weighted by Gasteiger charge is 2.38. The summed E-state index contributed by atoms with van der Waals surface area (Å²) < 4.78 is 45.5. The Balaban J connectivity index is 2.99. The van der Waals surface area contributed by atoms with Crippen molar-refractivity contribution < 1.29 is 23.0 Å². The third-order valence-corrected chi connectivity index (χ3v) is 4.89. The molecule has 1 N–H and O–H groups in total. The number of nitrogens with zero attached hydrogens (tertiary/aromatic N) is 2. The molecule has 0 spiro atoms. The summed E-state index contributed by atoms with van der Waals surface area (Å²) in [5, 5.41) is 16.8. The predicted octanol–water partition coefficient (Wildman–Crippen LogP) is 2.81. The molecule has 1 unspecified atom stereocenters. The molecule has 6 nitrogen and oxygen atoms in total. The number of ether oxygens (including phenoxy) is 1. The molecule has 0 fully saturated rings. The number of halogens is 3. The van der Waals surface area contributed by atoms with Gasteiger partial charge in [-0.1, -0.05) is 19.6 Å². The van der Waals surface area contributed by atoms with Crippen molar-refractivity contribution in [2.75, 3.05) is 18.5 Å². The summed E-state index contributed by atoms with van der Waals surface area (Å²) in [4.78, 5) is 12.1. The Labute approximate surface area is 139 Å². The van der Waals surface area contributed by atoms with E-state index in [2.05, 4.69) is 30.1 Å². The third-order valence-electron chi connectivity index (χ3n) is 3.19. The van der Waals surface area contributed by atoms with Crippen LogP contribution in [0.3, 0.4) is 0 Å². The quantitative estimate of drug-likeness (QED) is 0.567. The van der Waals surface area contributed by atoms with Crippen molar-refractivity contribution in [3.05, 3.63) is 22.1 Å². The molecule has 24 heavy (non-hydrogen) atoms. The molecule has 1 aromatic rings. The van der Waals surface area contributed by atoms with Crippen LogP contribution in [0.2, 0.25) is 25.7 Å². The zero-order chi connectivity index (χ0) is 18.5. The molecule has 137 valence electrons. The standard InChI is InChI=1S/C14H23F3N3O3Si/c1-10(8-21)19-11-7-18-20(9-23-5-6-24(2,3)4)13(22)12(11)14(15,16)17/h7,10,19H,5-6,8-9H2,1-4H3. The zero-order valence-electron chi connectivity index (χ0n) is 14.2. The Morgan fingerprint density at radius 2 is 2.00 bits per heavy atom. The molecule has 0 aliphatic heterocycles. The van der Waals surface area contributed by atoms with Crippen LogP contribution in [0.15, 0.2) is 11.0 Å². The van der Waals surface area contributed by atoms with Gasteiger partial charge in [-0.05, 0) is 13.0 Å². The van der Waals surface area contributed by atoms with E-state index in [1.54, 1.807) is 0 Å². The maximum Gasteiger partial charge on any atom is 0.423 e. The molecule has 1 rings (SSSR count). The van der Waals surface area contributed by atoms with Crippen molar-refractivity contribution >= 4 is 13.8 Å². The molecule has 1 atom stereocenters. The number of hydrogen-bond acceptors (Lipinski definition) is 4. The van der Waals surface area contributed by atoms with Gasteiger partial charge in [0.15, 0.2) is 0 Å². The minimum atomic E-state index is -4.86. The topological polar surface area (TPSA) is 76.1 Å². The number of alkyl halides is 3. The van der Waals surface area contributed by atoms with Gasteiger partial charge >= 0.3 is 6.18 Å². The summed E-state index contributed by atoms with van der Waals surface area (Å²) in [7, 11) is -1.33. The fourth-order valence-corrected chi connectivity index (χ4v) is 2.56. The summed E-state index contributed by atoms with van der Waals surface area (Å²) in [6.07, 6.45) is -3.96. The summed E-state index contributed by atoms with van der Waals surface area (Å²) >= 11 is 0. The Kier molecular flexibility index (Phi) is 6.99. The molecular weight excluding hydrogens is 343 g/mol. The van der Waals surface area contributed by atoms with Gasteiger partial charge in [0.1, 0.15) is 18.9 Å². The van der Waals surface area contributed by atoms with Crippen LogP contribution in [-0.4, -0.2) is 37.1 Å². The first-order valence-electron chi connectivity index (χ1n) is 7.55. The van der Waals surface area contributed by atoms with Crippen molar-refractivity contribution in [1.82, 2.24) is 9.78 Å². The smallest absolute Gasteiger partial charge is 0.378 e. The molecule has 0 bridgehead atoms. The minimum absolute atomic E-state index is 0.343. The molecule has 0 saturated carbocycles. The highest BCUT2D eigenvalue weighted by atomic mass is 28.3. The van der Waals surface area contributed by atoms with Gasteiger partial charge in [-0.15, -0.1) is 0 Å². The Hall–Kier alpha value is -1.39. The average Bonchev–Trinajstić information content (AvgIpc) is 2.42. The molecular formula is C14H23F3N3O3Si. The van der Waals surface area contributed by atoms with E-state index in [9.17, 15) is 23.1 Å². The fourth-order valence-electron chi connectivity index (χ4n) is 1.80. The molecule has 1 heterocycles. The van der Waals surface area contributed by atoms with Crippen LogP contribution in [-0.2, 0) is 22.8 Å². The van der Waals surface area contributed by atoms with E-state index in [-0.39, 0.29) is 6.73 Å². The summed E-state index contributed by atoms with van der Waals surface area (Å²) in [6, 6.07) is 0.0743. The van der Waals surface area contributed by atoms with Crippen molar-refractivity contribution in [2.45, 2.75) is 51.6 Å². The molecule has 0 aliphatic carbocycles. The van der Waals surface area contributed by atoms with Crippen LogP contribution in [0, 0.1) is 0 Å². The summed E-state index contributed by atoms with van der Waals surface area (Å²) in [5.74, 6) is 0. The third kappa shape index (κ3) is 6.25. The van der Waals surface area contributed by atoms with Crippen LogP contribution in [0.4, 0.5) is 18.9 Å². The fraction of sp³-hybridized carbons (Fsp3) is 0.714. The average molecular weight is 366 g/mol. The van der Waals surface area contributed by atoms with Gasteiger partial charge in [-0.2, -0.15) is 18.3 Å². The van der Waals surface area contributed by atoms with Crippen molar-refractivity contribution in [1.29, 1.82) is 0 Å². The van der Waals surface area contributed by atoms with Crippen LogP contribution in [0.5, 0.6) is 0 Å². The van der Waals surface area contributed by atoms with Gasteiger partial charge in [0.2, 0.25) is 0 Å². The van der Waals surface area contributed by atoms with E-state index in [1.165, 1.54) is 6.92 Å². The van der Waals surface area contributed by atoms with Crippen molar-refractivity contribution in [2.24, 2.45) is 0 Å². The molecule has 0 aromatic carbocycles. The lowest BCUT2D eigenvalue weighted by Gasteiger charge is -2.18. The number of rotatable bonds is 8. The second-order valence-electron chi connectivity index (χ2n) is 6.80. The second-order valence-corrected chi connectivity index (χ2v) is 12.4. The Bertz CT molecular complexity index is 600. The van der Waals surface area contributed by atoms with Gasteiger partial charge in [-0.3, -0.25) is 4.79 Å². The predicted molar refractivity (Wildman–Crippen MR) is 86.2 cm³/mol. The van der Waals surface area contributed by atoms with Crippen molar-refractivity contribution in [3.63, 3.8) is 0 Å². The van der Waals surface area contributed by atoms with Gasteiger partial charge in [0.25, 0.3) is 5.56 Å². The van der Waals surface area contributed by atoms with Gasteiger partial charge in [-0.25, -0.2) is 9.79 Å². The largest absolute Gasteiger partial charge is 0.423 e. The molecule has 1 aromatic heterocycles. The van der Waals surface area contributed by atoms with Gasteiger partial charge in [0.05, 0.1) is 11.9 Å². The van der Waals surface area contributed by atoms with Crippen LogP contribution in [0.1, 0.15) is 12.5 Å². The summed E-state index contributed by atoms with van der Waals surface area (Å²) in [6.45, 7) is 7.24. The van der Waals surface area contributed by atoms with E-state index in [0.717, 1.165) is 12.2 Å². The lowest BCUT2D eigenvalue weighted by Crippen LogP contribution is -2.34. The van der Waals surface area contributed by atoms with Crippen molar-refractivity contribution in [3.8, 4) is 0 Å². The molecule has 10 heteroatoms. The van der Waals surface area contributed by atoms with E-state index < -0.39 is 43.7 Å². The maximum absolute atomic E-state index is 13.2. The zero-order valence-corrected chi connectivity index (χ0v) is 15.2. The SMILES string of the molecule is CC(C[O])Nc1cnn(COCC[Si](C)(C)C)c(=O)c1C(F)(F)F. The maximum atomic E-state index is 13.2. The molecule has 0 aliphatic rings. The lowest BCUT2D eigenvalue weighted by molar-refractivity contribution is -0.138. The number of nitrogens with one attached hydrogen (secondary N) is 1. The number of anilines is 1. The first-order valence-corrected chi connectivity index (χ1v) is 11.3. The first kappa shape index (κ1) is 20.7. The monoisotopic (exact) mass is 366 g/mol. The van der Waals surface area contributed by atoms with E-state index >= 15 is 0 Å². The number of aromatic nitrogens is 2. The number of hydrogen-bond donors (Lipinski definition) is 1. The minimum Gasteiger partial charge on any atom is -0.378 e. The van der Waals surface area contributed by atoms with Gasteiger partial charge < -0.3 is 10.1 Å². The Morgan fingerprint density at radius 3 is 2.50 bits per heavy atom. The van der Waals surface area contributed by atoms with Crippen LogP contribution in [0.25, 0.3) is 0 Å². The summed E-state index contributed by atoms with van der Waals surface area (Å²) in [5.41, 5.74) is -3.15. The van der Waals surface area contributed by atoms with Crippen LogP contribution < -0.4 is 10.9 Å². The lowest BCUT2D eigenvalue weighted by atomic mass is 10.2. The van der Waals surface area contributed by atoms with E-state index in [1.807, 2.05) is 0 Å². The normalized spacial score (nSPS) is 13.8. The highest BCUT2D eigenvalue weighted by Crippen LogP contribution is 2.31. The molecule has 0 amide bonds. The first-order chi connectivity index (χ1) is 11.0. The van der Waals surface area contributed by atoms with E-state index in [0.29, 0.717) is 11.3 Å². The molecule has 1 radical (unpaired) electrons. The van der Waals surface area contributed by atoms with Gasteiger partial charge in [0, 0.05) is 20.7 Å². The van der Waals surface area contributed by atoms with E-state index in [4.69, 9.17) is 4.74 Å². The molecule has 0 saturated heterocycles. The second kappa shape index (κ2) is 8.12. The van der Waals surface area contributed by atoms with Crippen LogP contribution >= 0.6 is 0 Å².